The molecule has 0 saturated carbocycles. The number of pyridine rings is 1. The fourth-order valence-electron chi connectivity index (χ4n) is 3.31. The molecule has 1 amide bonds. The van der Waals surface area contributed by atoms with E-state index in [0.717, 1.165) is 24.5 Å². The Hall–Kier alpha value is -2.47. The van der Waals surface area contributed by atoms with Crippen molar-refractivity contribution < 1.29 is 9.53 Å². The predicted molar refractivity (Wildman–Crippen MR) is 89.6 cm³/mol. The van der Waals surface area contributed by atoms with Crippen LogP contribution in [0.3, 0.4) is 0 Å². The Labute approximate surface area is 141 Å². The van der Waals surface area contributed by atoms with E-state index in [1.165, 1.54) is 0 Å². The number of likely N-dealkylation sites (tertiary alicyclic amines) is 1. The lowest BCUT2D eigenvalue weighted by Crippen LogP contribution is -2.50. The number of carbonyl (C=O) groups excluding carboxylic acids is 1. The van der Waals surface area contributed by atoms with Gasteiger partial charge in [0.2, 0.25) is 0 Å². The van der Waals surface area contributed by atoms with Crippen molar-refractivity contribution in [3.05, 3.63) is 34.3 Å². The highest BCUT2D eigenvalue weighted by Crippen LogP contribution is 2.34. The third-order valence-corrected chi connectivity index (χ3v) is 4.25. The van der Waals surface area contributed by atoms with Gasteiger partial charge in [-0.3, -0.25) is 0 Å². The van der Waals surface area contributed by atoms with Crippen LogP contribution in [0.15, 0.2) is 23.3 Å². The summed E-state index contributed by atoms with van der Waals surface area (Å²) in [5.41, 5.74) is 8.70. The van der Waals surface area contributed by atoms with Crippen molar-refractivity contribution in [3.8, 4) is 0 Å². The molecule has 24 heavy (non-hydrogen) atoms. The average Bonchev–Trinajstić information content (AvgIpc) is 3.12. The first-order chi connectivity index (χ1) is 11.4. The Morgan fingerprint density at radius 3 is 2.83 bits per heavy atom. The SMILES string of the molecule is CC(C)(C)OC(=O)N1C[C@H]2C[C@@H]1CN2c1cccc(CN=[N+]=[N-])n1. The molecule has 1 aromatic heterocycles. The molecule has 2 atom stereocenters. The van der Waals surface area contributed by atoms with E-state index in [4.69, 9.17) is 10.3 Å². The van der Waals surface area contributed by atoms with Gasteiger partial charge in [-0.15, -0.1) is 0 Å². The number of carbonyl (C=O) groups is 1. The Bertz CT molecular complexity index is 679. The van der Waals surface area contributed by atoms with Gasteiger partial charge in [0.15, 0.2) is 0 Å². The van der Waals surface area contributed by atoms with Crippen LogP contribution in [-0.2, 0) is 11.3 Å². The number of anilines is 1. The number of ether oxygens (including phenoxy) is 1. The van der Waals surface area contributed by atoms with Crippen molar-refractivity contribution >= 4 is 11.9 Å². The molecule has 2 aliphatic rings. The summed E-state index contributed by atoms with van der Waals surface area (Å²) in [6, 6.07) is 6.14. The third-order valence-electron chi connectivity index (χ3n) is 4.25. The molecule has 128 valence electrons. The molecule has 2 fully saturated rings. The summed E-state index contributed by atoms with van der Waals surface area (Å²) in [6.45, 7) is 7.29. The van der Waals surface area contributed by atoms with E-state index in [9.17, 15) is 4.79 Å². The monoisotopic (exact) mass is 330 g/mol. The highest BCUT2D eigenvalue weighted by Gasteiger charge is 2.46. The van der Waals surface area contributed by atoms with E-state index < -0.39 is 5.60 Å². The van der Waals surface area contributed by atoms with Crippen LogP contribution in [0.5, 0.6) is 0 Å². The second-order valence-electron chi connectivity index (χ2n) is 7.20. The van der Waals surface area contributed by atoms with E-state index in [2.05, 4.69) is 19.9 Å². The first kappa shape index (κ1) is 16.4. The van der Waals surface area contributed by atoms with Gasteiger partial charge in [0.05, 0.1) is 18.6 Å². The van der Waals surface area contributed by atoms with Crippen LogP contribution in [0, 0.1) is 0 Å². The van der Waals surface area contributed by atoms with Crippen LogP contribution in [-0.4, -0.2) is 46.8 Å². The van der Waals surface area contributed by atoms with Crippen LogP contribution >= 0.6 is 0 Å². The summed E-state index contributed by atoms with van der Waals surface area (Å²) in [6.07, 6.45) is 0.696. The number of amides is 1. The maximum absolute atomic E-state index is 12.3. The summed E-state index contributed by atoms with van der Waals surface area (Å²) in [7, 11) is 0. The van der Waals surface area contributed by atoms with E-state index in [1.807, 2.05) is 43.9 Å². The molecule has 0 aliphatic carbocycles. The van der Waals surface area contributed by atoms with Gasteiger partial charge in [-0.05, 0) is 44.9 Å². The van der Waals surface area contributed by atoms with Crippen molar-refractivity contribution in [2.45, 2.75) is 51.4 Å². The van der Waals surface area contributed by atoms with Crippen molar-refractivity contribution in [1.29, 1.82) is 0 Å². The molecule has 3 heterocycles. The first-order valence-corrected chi connectivity index (χ1v) is 8.10. The summed E-state index contributed by atoms with van der Waals surface area (Å²) in [5, 5.41) is 3.56. The molecular weight excluding hydrogens is 308 g/mol. The zero-order chi connectivity index (χ0) is 17.3. The number of azide groups is 1. The first-order valence-electron chi connectivity index (χ1n) is 8.10. The number of rotatable bonds is 3. The Kier molecular flexibility index (Phi) is 4.24. The van der Waals surface area contributed by atoms with Crippen molar-refractivity contribution in [1.82, 2.24) is 9.88 Å². The molecule has 8 heteroatoms. The maximum atomic E-state index is 12.3. The van der Waals surface area contributed by atoms with Crippen LogP contribution in [0.25, 0.3) is 10.4 Å². The predicted octanol–water partition coefficient (Wildman–Crippen LogP) is 3.09. The largest absolute Gasteiger partial charge is 0.444 e. The van der Waals surface area contributed by atoms with Gasteiger partial charge in [-0.25, -0.2) is 9.78 Å². The normalized spacial score (nSPS) is 22.5. The molecule has 0 unspecified atom stereocenters. The van der Waals surface area contributed by atoms with E-state index in [1.54, 1.807) is 0 Å². The van der Waals surface area contributed by atoms with Crippen LogP contribution in [0.1, 0.15) is 32.9 Å². The number of hydrogen-bond acceptors (Lipinski definition) is 5. The Balaban J connectivity index is 1.67. The highest BCUT2D eigenvalue weighted by atomic mass is 16.6. The molecule has 2 bridgehead atoms. The number of fused-ring (bicyclic) bond motifs is 2. The lowest BCUT2D eigenvalue weighted by molar-refractivity contribution is 0.0214. The van der Waals surface area contributed by atoms with Crippen LogP contribution in [0.2, 0.25) is 0 Å². The van der Waals surface area contributed by atoms with Gasteiger partial charge in [0.1, 0.15) is 11.4 Å². The Morgan fingerprint density at radius 1 is 1.42 bits per heavy atom. The van der Waals surface area contributed by atoms with Gasteiger partial charge < -0.3 is 14.5 Å². The molecular formula is C16H22N6O2. The molecule has 0 aromatic carbocycles. The van der Waals surface area contributed by atoms with Crippen LogP contribution in [0.4, 0.5) is 10.6 Å². The lowest BCUT2D eigenvalue weighted by Gasteiger charge is -2.35. The second kappa shape index (κ2) is 6.20. The number of piperazine rings is 1. The van der Waals surface area contributed by atoms with Gasteiger partial charge >= 0.3 is 6.09 Å². The number of nitrogens with zero attached hydrogens (tertiary/aromatic N) is 6. The summed E-state index contributed by atoms with van der Waals surface area (Å²) in [5.74, 6) is 0.872. The maximum Gasteiger partial charge on any atom is 0.410 e. The number of hydrogen-bond donors (Lipinski definition) is 0. The summed E-state index contributed by atoms with van der Waals surface area (Å²) in [4.78, 5) is 23.7. The molecule has 0 radical (unpaired) electrons. The molecule has 8 nitrogen and oxygen atoms in total. The van der Waals surface area contributed by atoms with Gasteiger partial charge in [0.25, 0.3) is 0 Å². The third kappa shape index (κ3) is 3.38. The minimum absolute atomic E-state index is 0.160. The smallest absolute Gasteiger partial charge is 0.410 e. The minimum Gasteiger partial charge on any atom is -0.444 e. The molecule has 2 aliphatic heterocycles. The van der Waals surface area contributed by atoms with Crippen molar-refractivity contribution in [3.63, 3.8) is 0 Å². The molecule has 1 aromatic rings. The van der Waals surface area contributed by atoms with E-state index in [-0.39, 0.29) is 24.7 Å². The quantitative estimate of drug-likeness (QED) is 0.483. The lowest BCUT2D eigenvalue weighted by atomic mass is 10.2. The summed E-state index contributed by atoms with van der Waals surface area (Å²) < 4.78 is 5.48. The zero-order valence-corrected chi connectivity index (χ0v) is 14.2. The van der Waals surface area contributed by atoms with Crippen molar-refractivity contribution in [2.75, 3.05) is 18.0 Å². The minimum atomic E-state index is -0.476. The second-order valence-corrected chi connectivity index (χ2v) is 7.20. The molecule has 0 spiro atoms. The topological polar surface area (TPSA) is 94.4 Å². The highest BCUT2D eigenvalue weighted by molar-refractivity contribution is 5.70. The van der Waals surface area contributed by atoms with Crippen LogP contribution < -0.4 is 4.90 Å². The van der Waals surface area contributed by atoms with Gasteiger partial charge in [-0.1, -0.05) is 11.2 Å². The number of aromatic nitrogens is 1. The molecule has 0 N–H and O–H groups in total. The van der Waals surface area contributed by atoms with Gasteiger partial charge in [-0.2, -0.15) is 0 Å². The van der Waals surface area contributed by atoms with E-state index in [0.29, 0.717) is 6.54 Å². The fourth-order valence-corrected chi connectivity index (χ4v) is 3.31. The van der Waals surface area contributed by atoms with E-state index >= 15 is 0 Å². The standard InChI is InChI=1S/C16H22N6O2/c1-16(2,3)24-15(23)22-10-12-7-13(22)9-21(12)14-6-4-5-11(19-14)8-18-20-17/h4-6,12-13H,7-10H2,1-3H3/t12-,13-/m1/s1. The molecule has 2 saturated heterocycles. The average molecular weight is 330 g/mol. The molecule has 3 rings (SSSR count). The Morgan fingerprint density at radius 2 is 2.21 bits per heavy atom. The summed E-state index contributed by atoms with van der Waals surface area (Å²) >= 11 is 0. The zero-order valence-electron chi connectivity index (χ0n) is 14.2. The fraction of sp³-hybridized carbons (Fsp3) is 0.625. The van der Waals surface area contributed by atoms with Crippen molar-refractivity contribution in [2.24, 2.45) is 5.11 Å². The van der Waals surface area contributed by atoms with Gasteiger partial charge in [0, 0.05) is 23.7 Å².